The SMILES string of the molecule is CCCCCCn1c(COc2ccccc2F)nnc1SCC(=O)Nc1ccc(C(C)(C)C)cc1. The molecule has 6 nitrogen and oxygen atoms in total. The molecule has 8 heteroatoms. The van der Waals surface area contributed by atoms with E-state index in [9.17, 15) is 9.18 Å². The minimum absolute atomic E-state index is 0.0628. The number of ether oxygens (including phenoxy) is 1. The lowest BCUT2D eigenvalue weighted by Crippen LogP contribution is -2.16. The smallest absolute Gasteiger partial charge is 0.234 e. The Morgan fingerprint density at radius 2 is 1.80 bits per heavy atom. The molecule has 0 fully saturated rings. The summed E-state index contributed by atoms with van der Waals surface area (Å²) in [5, 5.41) is 12.2. The summed E-state index contributed by atoms with van der Waals surface area (Å²) in [4.78, 5) is 12.6. The van der Waals surface area contributed by atoms with Crippen LogP contribution in [0.1, 0.15) is 64.8 Å². The van der Waals surface area contributed by atoms with Gasteiger partial charge in [-0.25, -0.2) is 4.39 Å². The average Bonchev–Trinajstić information content (AvgIpc) is 3.21. The molecule has 35 heavy (non-hydrogen) atoms. The van der Waals surface area contributed by atoms with Gasteiger partial charge in [-0.1, -0.05) is 83.0 Å². The molecule has 2 aromatic carbocycles. The normalized spacial score (nSPS) is 11.5. The average molecular weight is 499 g/mol. The predicted molar refractivity (Wildman–Crippen MR) is 139 cm³/mol. The maximum Gasteiger partial charge on any atom is 0.234 e. The van der Waals surface area contributed by atoms with Crippen LogP contribution in [0.15, 0.2) is 53.7 Å². The molecule has 1 amide bonds. The van der Waals surface area contributed by atoms with Gasteiger partial charge in [0.05, 0.1) is 5.75 Å². The van der Waals surface area contributed by atoms with Gasteiger partial charge in [-0.05, 0) is 41.7 Å². The van der Waals surface area contributed by atoms with E-state index < -0.39 is 5.82 Å². The van der Waals surface area contributed by atoms with Crippen molar-refractivity contribution < 1.29 is 13.9 Å². The van der Waals surface area contributed by atoms with Gasteiger partial charge in [0.25, 0.3) is 0 Å². The highest BCUT2D eigenvalue weighted by Crippen LogP contribution is 2.24. The molecule has 0 unspecified atom stereocenters. The van der Waals surface area contributed by atoms with E-state index in [1.54, 1.807) is 18.2 Å². The zero-order valence-electron chi connectivity index (χ0n) is 21.0. The van der Waals surface area contributed by atoms with Crippen molar-refractivity contribution in [1.82, 2.24) is 14.8 Å². The van der Waals surface area contributed by atoms with Crippen LogP contribution in [-0.2, 0) is 23.4 Å². The fraction of sp³-hybridized carbons (Fsp3) is 0.444. The largest absolute Gasteiger partial charge is 0.483 e. The maximum atomic E-state index is 13.9. The van der Waals surface area contributed by atoms with E-state index in [2.05, 4.69) is 43.2 Å². The van der Waals surface area contributed by atoms with Gasteiger partial charge >= 0.3 is 0 Å². The number of hydrogen-bond donors (Lipinski definition) is 1. The molecule has 3 aromatic rings. The van der Waals surface area contributed by atoms with Crippen molar-refractivity contribution in [3.8, 4) is 5.75 Å². The third kappa shape index (κ3) is 8.09. The molecule has 188 valence electrons. The lowest BCUT2D eigenvalue weighted by atomic mass is 9.87. The second-order valence-corrected chi connectivity index (χ2v) is 10.4. The summed E-state index contributed by atoms with van der Waals surface area (Å²) in [6.45, 7) is 9.47. The van der Waals surface area contributed by atoms with Crippen LogP contribution in [0.5, 0.6) is 5.75 Å². The van der Waals surface area contributed by atoms with Gasteiger partial charge in [0.15, 0.2) is 22.5 Å². The number of aromatic nitrogens is 3. The molecule has 0 saturated heterocycles. The van der Waals surface area contributed by atoms with E-state index in [1.807, 2.05) is 28.8 Å². The van der Waals surface area contributed by atoms with Gasteiger partial charge in [-0.15, -0.1) is 10.2 Å². The second kappa shape index (κ2) is 12.7. The van der Waals surface area contributed by atoms with Crippen LogP contribution in [0.4, 0.5) is 10.1 Å². The summed E-state index contributed by atoms with van der Waals surface area (Å²) in [5.41, 5.74) is 2.04. The predicted octanol–water partition coefficient (Wildman–Crippen LogP) is 6.60. The van der Waals surface area contributed by atoms with Crippen molar-refractivity contribution in [2.24, 2.45) is 0 Å². The first-order chi connectivity index (χ1) is 16.8. The molecule has 0 saturated carbocycles. The third-order valence-electron chi connectivity index (χ3n) is 5.59. The Bertz CT molecular complexity index is 1090. The second-order valence-electron chi connectivity index (χ2n) is 9.49. The van der Waals surface area contributed by atoms with Crippen LogP contribution in [-0.4, -0.2) is 26.4 Å². The Labute approximate surface area is 211 Å². The number of anilines is 1. The molecular weight excluding hydrogens is 463 g/mol. The van der Waals surface area contributed by atoms with E-state index >= 15 is 0 Å². The number of para-hydroxylation sites is 1. The van der Waals surface area contributed by atoms with E-state index in [0.29, 0.717) is 11.0 Å². The van der Waals surface area contributed by atoms with Crippen molar-refractivity contribution >= 4 is 23.4 Å². The quantitative estimate of drug-likeness (QED) is 0.225. The number of nitrogens with one attached hydrogen (secondary N) is 1. The summed E-state index contributed by atoms with van der Waals surface area (Å²) >= 11 is 1.34. The van der Waals surface area contributed by atoms with Gasteiger partial charge in [-0.2, -0.15) is 0 Å². The number of rotatable bonds is 12. The van der Waals surface area contributed by atoms with Gasteiger partial charge in [0.1, 0.15) is 6.61 Å². The number of carbonyl (C=O) groups is 1. The first kappa shape index (κ1) is 26.7. The molecule has 0 atom stereocenters. The number of nitrogens with zero attached hydrogens (tertiary/aromatic N) is 3. The number of carbonyl (C=O) groups excluding carboxylic acids is 1. The van der Waals surface area contributed by atoms with E-state index in [4.69, 9.17) is 4.74 Å². The lowest BCUT2D eigenvalue weighted by Gasteiger charge is -2.19. The lowest BCUT2D eigenvalue weighted by molar-refractivity contribution is -0.113. The first-order valence-electron chi connectivity index (χ1n) is 12.1. The van der Waals surface area contributed by atoms with Gasteiger partial charge in [0, 0.05) is 12.2 Å². The minimum atomic E-state index is -0.414. The summed E-state index contributed by atoms with van der Waals surface area (Å²) in [6.07, 6.45) is 4.36. The number of benzene rings is 2. The van der Waals surface area contributed by atoms with Gasteiger partial charge in [0.2, 0.25) is 5.91 Å². The number of unbranched alkanes of at least 4 members (excludes halogenated alkanes) is 3. The summed E-state index contributed by atoms with van der Waals surface area (Å²) in [7, 11) is 0. The van der Waals surface area contributed by atoms with Crippen LogP contribution >= 0.6 is 11.8 Å². The monoisotopic (exact) mass is 498 g/mol. The summed E-state index contributed by atoms with van der Waals surface area (Å²) < 4.78 is 21.6. The third-order valence-corrected chi connectivity index (χ3v) is 6.56. The number of halogens is 1. The Morgan fingerprint density at radius 1 is 1.06 bits per heavy atom. The van der Waals surface area contributed by atoms with E-state index in [0.717, 1.165) is 37.9 Å². The zero-order chi connectivity index (χ0) is 25.3. The highest BCUT2D eigenvalue weighted by atomic mass is 32.2. The molecule has 0 radical (unpaired) electrons. The van der Waals surface area contributed by atoms with Gasteiger partial charge < -0.3 is 14.6 Å². The van der Waals surface area contributed by atoms with Crippen molar-refractivity contribution in [2.45, 2.75) is 77.1 Å². The van der Waals surface area contributed by atoms with Crippen molar-refractivity contribution in [2.75, 3.05) is 11.1 Å². The number of thioether (sulfide) groups is 1. The fourth-order valence-corrected chi connectivity index (χ4v) is 4.32. The van der Waals surface area contributed by atoms with Crippen molar-refractivity contribution in [3.05, 3.63) is 65.7 Å². The zero-order valence-corrected chi connectivity index (χ0v) is 21.8. The van der Waals surface area contributed by atoms with E-state index in [-0.39, 0.29) is 29.4 Å². The van der Waals surface area contributed by atoms with Crippen molar-refractivity contribution in [3.63, 3.8) is 0 Å². The number of hydrogen-bond acceptors (Lipinski definition) is 5. The highest BCUT2D eigenvalue weighted by molar-refractivity contribution is 7.99. The Morgan fingerprint density at radius 3 is 2.49 bits per heavy atom. The van der Waals surface area contributed by atoms with Crippen LogP contribution in [0.2, 0.25) is 0 Å². The molecule has 0 bridgehead atoms. The van der Waals surface area contributed by atoms with Crippen LogP contribution in [0, 0.1) is 5.82 Å². The number of amides is 1. The van der Waals surface area contributed by atoms with Crippen LogP contribution < -0.4 is 10.1 Å². The Balaban J connectivity index is 1.62. The summed E-state index contributed by atoms with van der Waals surface area (Å²) in [5.74, 6) is 0.485. The molecule has 1 N–H and O–H groups in total. The highest BCUT2D eigenvalue weighted by Gasteiger charge is 2.16. The minimum Gasteiger partial charge on any atom is -0.483 e. The van der Waals surface area contributed by atoms with Crippen LogP contribution in [0.3, 0.4) is 0 Å². The molecule has 0 aliphatic carbocycles. The summed E-state index contributed by atoms with van der Waals surface area (Å²) in [6, 6.07) is 14.2. The molecule has 1 heterocycles. The maximum absolute atomic E-state index is 13.9. The fourth-order valence-electron chi connectivity index (χ4n) is 3.54. The molecular formula is C27H35FN4O2S. The molecule has 0 spiro atoms. The van der Waals surface area contributed by atoms with Gasteiger partial charge in [-0.3, -0.25) is 4.79 Å². The Kier molecular flexibility index (Phi) is 9.72. The van der Waals surface area contributed by atoms with Crippen LogP contribution in [0.25, 0.3) is 0 Å². The van der Waals surface area contributed by atoms with Crippen molar-refractivity contribution in [1.29, 1.82) is 0 Å². The Hall–Kier alpha value is -2.87. The molecule has 1 aromatic heterocycles. The standard InChI is InChI=1S/C27H35FN4O2S/c1-5-6-7-10-17-32-24(18-34-23-12-9-8-11-22(23)28)30-31-26(32)35-19-25(33)29-21-15-13-20(14-16-21)27(2,3)4/h8-9,11-16H,5-7,10,17-19H2,1-4H3,(H,29,33). The molecule has 3 rings (SSSR count). The molecule has 0 aliphatic heterocycles. The topological polar surface area (TPSA) is 69.0 Å². The first-order valence-corrected chi connectivity index (χ1v) is 13.1. The molecule has 0 aliphatic rings. The van der Waals surface area contributed by atoms with E-state index in [1.165, 1.54) is 23.4 Å².